The van der Waals surface area contributed by atoms with Crippen molar-refractivity contribution in [1.29, 1.82) is 0 Å². The second-order valence-corrected chi connectivity index (χ2v) is 8.56. The van der Waals surface area contributed by atoms with E-state index in [-0.39, 0.29) is 24.8 Å². The largest absolute Gasteiger partial charge is 0.351 e. The van der Waals surface area contributed by atoms with E-state index < -0.39 is 6.04 Å². The standard InChI is InChI=1S/C27H26Cl2N2O2/c1-2-16-30-27(33)25(17-20-6-4-3-5-7-20)31(19-22-10-14-24(29)15-11-22)26(32)18-21-8-12-23(28)13-9-21/h2-15,25H,1,16-19H2,(H,30,33). The fourth-order valence-corrected chi connectivity index (χ4v) is 3.76. The van der Waals surface area contributed by atoms with Crippen molar-refractivity contribution in [2.75, 3.05) is 6.54 Å². The Balaban J connectivity index is 1.94. The number of hydrogen-bond acceptors (Lipinski definition) is 2. The number of nitrogens with one attached hydrogen (secondary N) is 1. The average molecular weight is 481 g/mol. The number of rotatable bonds is 10. The molecule has 4 nitrogen and oxygen atoms in total. The molecule has 1 unspecified atom stereocenters. The Labute approximate surface area is 204 Å². The number of nitrogens with zero attached hydrogens (tertiary/aromatic N) is 1. The third kappa shape index (κ3) is 7.48. The van der Waals surface area contributed by atoms with E-state index in [2.05, 4.69) is 11.9 Å². The van der Waals surface area contributed by atoms with Crippen molar-refractivity contribution in [2.24, 2.45) is 0 Å². The molecule has 0 fully saturated rings. The lowest BCUT2D eigenvalue weighted by molar-refractivity contribution is -0.140. The molecule has 0 aliphatic rings. The zero-order valence-electron chi connectivity index (χ0n) is 18.2. The Morgan fingerprint density at radius 1 is 0.848 bits per heavy atom. The van der Waals surface area contributed by atoms with Gasteiger partial charge < -0.3 is 10.2 Å². The summed E-state index contributed by atoms with van der Waals surface area (Å²) in [5, 5.41) is 4.08. The summed E-state index contributed by atoms with van der Waals surface area (Å²) < 4.78 is 0. The van der Waals surface area contributed by atoms with Crippen LogP contribution in [0, 0.1) is 0 Å². The summed E-state index contributed by atoms with van der Waals surface area (Å²) in [4.78, 5) is 28.4. The van der Waals surface area contributed by atoms with Crippen LogP contribution in [0.5, 0.6) is 0 Å². The van der Waals surface area contributed by atoms with E-state index in [0.717, 1.165) is 16.7 Å². The van der Waals surface area contributed by atoms with E-state index in [0.29, 0.717) is 23.0 Å². The second kappa shape index (κ2) is 12.2. The van der Waals surface area contributed by atoms with Crippen LogP contribution in [0.1, 0.15) is 16.7 Å². The highest BCUT2D eigenvalue weighted by molar-refractivity contribution is 6.30. The van der Waals surface area contributed by atoms with Crippen LogP contribution < -0.4 is 5.32 Å². The second-order valence-electron chi connectivity index (χ2n) is 7.69. The normalized spacial score (nSPS) is 11.5. The van der Waals surface area contributed by atoms with Gasteiger partial charge in [0.25, 0.3) is 0 Å². The summed E-state index contributed by atoms with van der Waals surface area (Å²) in [5.74, 6) is -0.376. The van der Waals surface area contributed by atoms with Gasteiger partial charge in [-0.3, -0.25) is 9.59 Å². The Bertz CT molecular complexity index is 1070. The van der Waals surface area contributed by atoms with Crippen LogP contribution in [0.3, 0.4) is 0 Å². The van der Waals surface area contributed by atoms with Gasteiger partial charge in [-0.15, -0.1) is 6.58 Å². The van der Waals surface area contributed by atoms with Crippen LogP contribution >= 0.6 is 23.2 Å². The molecule has 3 aromatic rings. The topological polar surface area (TPSA) is 49.4 Å². The molecule has 0 heterocycles. The van der Waals surface area contributed by atoms with E-state index in [1.807, 2.05) is 54.6 Å². The predicted octanol–water partition coefficient (Wildman–Crippen LogP) is 5.48. The summed E-state index contributed by atoms with van der Waals surface area (Å²) >= 11 is 12.0. The van der Waals surface area contributed by atoms with Crippen LogP contribution in [0.2, 0.25) is 10.0 Å². The molecule has 1 atom stereocenters. The minimum atomic E-state index is -0.692. The molecule has 3 rings (SSSR count). The van der Waals surface area contributed by atoms with E-state index in [1.54, 1.807) is 35.2 Å². The van der Waals surface area contributed by atoms with Gasteiger partial charge in [0, 0.05) is 29.6 Å². The lowest BCUT2D eigenvalue weighted by Gasteiger charge is -2.31. The Kier molecular flexibility index (Phi) is 9.11. The van der Waals surface area contributed by atoms with E-state index in [1.165, 1.54) is 0 Å². The fourth-order valence-electron chi connectivity index (χ4n) is 3.51. The summed E-state index contributed by atoms with van der Waals surface area (Å²) in [6, 6.07) is 23.4. The lowest BCUT2D eigenvalue weighted by Crippen LogP contribution is -2.51. The number of carbonyl (C=O) groups excluding carboxylic acids is 2. The molecule has 170 valence electrons. The maximum absolute atomic E-state index is 13.5. The van der Waals surface area contributed by atoms with Crippen molar-refractivity contribution >= 4 is 35.0 Å². The van der Waals surface area contributed by atoms with Gasteiger partial charge in [-0.05, 0) is 41.0 Å². The summed E-state index contributed by atoms with van der Waals surface area (Å²) in [6.45, 7) is 4.28. The molecule has 6 heteroatoms. The van der Waals surface area contributed by atoms with Crippen molar-refractivity contribution in [3.63, 3.8) is 0 Å². The van der Waals surface area contributed by atoms with Gasteiger partial charge in [0.1, 0.15) is 6.04 Å². The zero-order chi connectivity index (χ0) is 23.6. The highest BCUT2D eigenvalue weighted by Gasteiger charge is 2.30. The molecule has 0 aliphatic heterocycles. The summed E-state index contributed by atoms with van der Waals surface area (Å²) in [5.41, 5.74) is 2.69. The summed E-state index contributed by atoms with van der Waals surface area (Å²) in [7, 11) is 0. The SMILES string of the molecule is C=CCNC(=O)C(Cc1ccccc1)N(Cc1ccc(Cl)cc1)C(=O)Cc1ccc(Cl)cc1. The molecule has 3 aromatic carbocycles. The van der Waals surface area contributed by atoms with Crippen molar-refractivity contribution in [3.8, 4) is 0 Å². The Morgan fingerprint density at radius 3 is 2.00 bits per heavy atom. The molecule has 0 saturated heterocycles. The van der Waals surface area contributed by atoms with Gasteiger partial charge in [-0.1, -0.05) is 83.9 Å². The average Bonchev–Trinajstić information content (AvgIpc) is 2.83. The summed E-state index contributed by atoms with van der Waals surface area (Å²) in [6.07, 6.45) is 2.17. The highest BCUT2D eigenvalue weighted by atomic mass is 35.5. The predicted molar refractivity (Wildman–Crippen MR) is 134 cm³/mol. The first kappa shape index (κ1) is 24.6. The molecule has 0 aliphatic carbocycles. The van der Waals surface area contributed by atoms with Gasteiger partial charge in [0.05, 0.1) is 6.42 Å². The Morgan fingerprint density at radius 2 is 1.42 bits per heavy atom. The van der Waals surface area contributed by atoms with Gasteiger partial charge in [-0.2, -0.15) is 0 Å². The third-order valence-electron chi connectivity index (χ3n) is 5.23. The van der Waals surface area contributed by atoms with Crippen LogP contribution in [-0.2, 0) is 29.0 Å². The van der Waals surface area contributed by atoms with Crippen molar-refractivity contribution < 1.29 is 9.59 Å². The highest BCUT2D eigenvalue weighted by Crippen LogP contribution is 2.19. The fraction of sp³-hybridized carbons (Fsp3) is 0.185. The number of halogens is 2. The minimum Gasteiger partial charge on any atom is -0.351 e. The molecule has 0 saturated carbocycles. The van der Waals surface area contributed by atoms with Crippen LogP contribution in [-0.4, -0.2) is 29.3 Å². The molecule has 33 heavy (non-hydrogen) atoms. The first-order chi connectivity index (χ1) is 16.0. The first-order valence-corrected chi connectivity index (χ1v) is 11.4. The number of carbonyl (C=O) groups is 2. The quantitative estimate of drug-likeness (QED) is 0.390. The van der Waals surface area contributed by atoms with Gasteiger partial charge in [0.2, 0.25) is 11.8 Å². The van der Waals surface area contributed by atoms with E-state index >= 15 is 0 Å². The number of benzene rings is 3. The molecular weight excluding hydrogens is 455 g/mol. The molecule has 0 aromatic heterocycles. The van der Waals surface area contributed by atoms with Crippen LogP contribution in [0.25, 0.3) is 0 Å². The van der Waals surface area contributed by atoms with Crippen LogP contribution in [0.4, 0.5) is 0 Å². The number of amides is 2. The molecule has 0 bridgehead atoms. The smallest absolute Gasteiger partial charge is 0.243 e. The molecule has 0 spiro atoms. The van der Waals surface area contributed by atoms with Crippen LogP contribution in [0.15, 0.2) is 91.5 Å². The zero-order valence-corrected chi connectivity index (χ0v) is 19.7. The van der Waals surface area contributed by atoms with Crippen molar-refractivity contribution in [3.05, 3.63) is 118 Å². The van der Waals surface area contributed by atoms with Gasteiger partial charge in [-0.25, -0.2) is 0 Å². The van der Waals surface area contributed by atoms with Crippen molar-refractivity contribution in [2.45, 2.75) is 25.4 Å². The molecular formula is C27H26Cl2N2O2. The van der Waals surface area contributed by atoms with E-state index in [4.69, 9.17) is 23.2 Å². The van der Waals surface area contributed by atoms with E-state index in [9.17, 15) is 9.59 Å². The third-order valence-corrected chi connectivity index (χ3v) is 5.73. The molecule has 2 amide bonds. The lowest BCUT2D eigenvalue weighted by atomic mass is 10.0. The number of hydrogen-bond donors (Lipinski definition) is 1. The molecule has 1 N–H and O–H groups in total. The van der Waals surface area contributed by atoms with Gasteiger partial charge in [0.15, 0.2) is 0 Å². The maximum atomic E-state index is 13.5. The monoisotopic (exact) mass is 480 g/mol. The minimum absolute atomic E-state index is 0.151. The first-order valence-electron chi connectivity index (χ1n) is 10.7. The van der Waals surface area contributed by atoms with Crippen molar-refractivity contribution in [1.82, 2.24) is 10.2 Å². The Hall–Kier alpha value is -3.08. The van der Waals surface area contributed by atoms with Gasteiger partial charge >= 0.3 is 0 Å². The maximum Gasteiger partial charge on any atom is 0.243 e. The molecule has 0 radical (unpaired) electrons.